The fourth-order valence-electron chi connectivity index (χ4n) is 1.40. The molecule has 0 spiro atoms. The van der Waals surface area contributed by atoms with Crippen LogP contribution < -0.4 is 0 Å². The second-order valence-electron chi connectivity index (χ2n) is 3.78. The molecule has 1 unspecified atom stereocenters. The summed E-state index contributed by atoms with van der Waals surface area (Å²) in [5.74, 6) is 1.82. The second kappa shape index (κ2) is 3.86. The van der Waals surface area contributed by atoms with E-state index in [-0.39, 0.29) is 5.71 Å². The Labute approximate surface area is 86.2 Å². The molecule has 0 aliphatic heterocycles. The number of nitrogens with zero attached hydrogens (tertiary/aromatic N) is 1. The third-order valence-corrected chi connectivity index (χ3v) is 1.95. The van der Waals surface area contributed by atoms with Crippen molar-refractivity contribution in [2.24, 2.45) is 4.99 Å². The van der Waals surface area contributed by atoms with Gasteiger partial charge in [0, 0.05) is 0 Å². The molecule has 1 saturated carbocycles. The predicted octanol–water partition coefficient (Wildman–Crippen LogP) is 1.93. The van der Waals surface area contributed by atoms with Gasteiger partial charge >= 0.3 is 0 Å². The lowest BCUT2D eigenvalue weighted by atomic mass is 9.77. The topological polar surface area (TPSA) is 32.6 Å². The minimum Gasteiger partial charge on any atom is -0.377 e. The maximum atomic E-state index is 12.5. The van der Waals surface area contributed by atoms with Crippen LogP contribution >= 0.6 is 0 Å². The van der Waals surface area contributed by atoms with Crippen molar-refractivity contribution in [2.45, 2.75) is 44.5 Å². The standard InChI is InChI=1S/C10H12F3NO/c1-7(14-8(2)11)3-4-9(15)5-10(12,13)6-9/h8,15H,5-6H2,1-2H3/b14-7+. The van der Waals surface area contributed by atoms with E-state index in [4.69, 9.17) is 0 Å². The summed E-state index contributed by atoms with van der Waals surface area (Å²) in [6.07, 6.45) is -2.70. The summed E-state index contributed by atoms with van der Waals surface area (Å²) in [7, 11) is 0. The molecule has 0 radical (unpaired) electrons. The Bertz CT molecular complexity index is 330. The van der Waals surface area contributed by atoms with Crippen molar-refractivity contribution in [2.75, 3.05) is 0 Å². The first kappa shape index (κ1) is 12.1. The van der Waals surface area contributed by atoms with Crippen molar-refractivity contribution in [3.63, 3.8) is 0 Å². The molecule has 1 fully saturated rings. The number of aliphatic imine (C=N–C) groups is 1. The molecule has 0 heterocycles. The van der Waals surface area contributed by atoms with E-state index in [1.54, 1.807) is 0 Å². The molecule has 0 aromatic heterocycles. The van der Waals surface area contributed by atoms with E-state index in [1.165, 1.54) is 13.8 Å². The van der Waals surface area contributed by atoms with E-state index in [0.717, 1.165) is 0 Å². The minimum atomic E-state index is -2.83. The zero-order valence-corrected chi connectivity index (χ0v) is 8.52. The van der Waals surface area contributed by atoms with Crippen LogP contribution in [-0.2, 0) is 0 Å². The molecule has 0 amide bonds. The van der Waals surface area contributed by atoms with Gasteiger partial charge in [0.05, 0.1) is 18.6 Å². The summed E-state index contributed by atoms with van der Waals surface area (Å²) in [4.78, 5) is 3.45. The van der Waals surface area contributed by atoms with Gasteiger partial charge in [-0.15, -0.1) is 0 Å². The van der Waals surface area contributed by atoms with Crippen LogP contribution in [0.3, 0.4) is 0 Å². The molecular weight excluding hydrogens is 207 g/mol. The van der Waals surface area contributed by atoms with Gasteiger partial charge in [0.1, 0.15) is 5.60 Å². The van der Waals surface area contributed by atoms with Crippen molar-refractivity contribution in [3.8, 4) is 11.8 Å². The third-order valence-electron chi connectivity index (χ3n) is 1.95. The highest BCUT2D eigenvalue weighted by atomic mass is 19.3. The molecule has 0 aromatic carbocycles. The van der Waals surface area contributed by atoms with Gasteiger partial charge in [0.25, 0.3) is 5.92 Å². The van der Waals surface area contributed by atoms with E-state index in [2.05, 4.69) is 16.8 Å². The Balaban J connectivity index is 2.60. The third kappa shape index (κ3) is 3.56. The van der Waals surface area contributed by atoms with E-state index in [1.807, 2.05) is 0 Å². The predicted molar refractivity (Wildman–Crippen MR) is 50.6 cm³/mol. The molecule has 1 aliphatic carbocycles. The quantitative estimate of drug-likeness (QED) is 0.408. The highest BCUT2D eigenvalue weighted by Crippen LogP contribution is 2.44. The number of hydrogen-bond acceptors (Lipinski definition) is 2. The smallest absolute Gasteiger partial charge is 0.255 e. The highest BCUT2D eigenvalue weighted by molar-refractivity contribution is 5.98. The minimum absolute atomic E-state index is 0.189. The van der Waals surface area contributed by atoms with Gasteiger partial charge in [0.2, 0.25) is 0 Å². The first-order valence-corrected chi connectivity index (χ1v) is 4.54. The lowest BCUT2D eigenvalue weighted by Gasteiger charge is -2.39. The largest absolute Gasteiger partial charge is 0.377 e. The Kier molecular flexibility index (Phi) is 3.10. The van der Waals surface area contributed by atoms with E-state index < -0.39 is 30.7 Å². The van der Waals surface area contributed by atoms with Crippen molar-refractivity contribution >= 4 is 5.71 Å². The molecule has 5 heteroatoms. The highest BCUT2D eigenvalue weighted by Gasteiger charge is 2.55. The molecule has 2 nitrogen and oxygen atoms in total. The van der Waals surface area contributed by atoms with Crippen molar-refractivity contribution in [1.82, 2.24) is 0 Å². The molecule has 1 N–H and O–H groups in total. The van der Waals surface area contributed by atoms with Crippen LogP contribution in [0.5, 0.6) is 0 Å². The molecular formula is C10H12F3NO. The van der Waals surface area contributed by atoms with E-state index in [0.29, 0.717) is 0 Å². The maximum absolute atomic E-state index is 12.5. The normalized spacial score (nSPS) is 24.8. The van der Waals surface area contributed by atoms with Crippen LogP contribution in [0.15, 0.2) is 4.99 Å². The molecule has 84 valence electrons. The summed E-state index contributed by atoms with van der Waals surface area (Å²) in [6, 6.07) is 0. The van der Waals surface area contributed by atoms with E-state index >= 15 is 0 Å². The van der Waals surface area contributed by atoms with Gasteiger partial charge in [-0.3, -0.25) is 0 Å². The lowest BCUT2D eigenvalue weighted by molar-refractivity contribution is -0.176. The van der Waals surface area contributed by atoms with Gasteiger partial charge in [0.15, 0.2) is 6.30 Å². The van der Waals surface area contributed by atoms with Crippen LogP contribution in [0.1, 0.15) is 26.7 Å². The maximum Gasteiger partial charge on any atom is 0.255 e. The van der Waals surface area contributed by atoms with Crippen molar-refractivity contribution < 1.29 is 18.3 Å². The van der Waals surface area contributed by atoms with Gasteiger partial charge < -0.3 is 5.11 Å². The SMILES string of the molecule is C/C(C#CC1(O)CC(F)(F)C1)=N\C(C)F. The van der Waals surface area contributed by atoms with Crippen LogP contribution in [0.2, 0.25) is 0 Å². The zero-order valence-electron chi connectivity index (χ0n) is 8.52. The molecule has 0 bridgehead atoms. The van der Waals surface area contributed by atoms with Gasteiger partial charge in [-0.1, -0.05) is 5.92 Å². The molecule has 1 atom stereocenters. The summed E-state index contributed by atoms with van der Waals surface area (Å²) >= 11 is 0. The fraction of sp³-hybridized carbons (Fsp3) is 0.700. The second-order valence-corrected chi connectivity index (χ2v) is 3.78. The summed E-state index contributed by atoms with van der Waals surface area (Å²) < 4.78 is 37.3. The summed E-state index contributed by atoms with van der Waals surface area (Å²) in [6.45, 7) is 2.70. The van der Waals surface area contributed by atoms with Crippen LogP contribution in [0.4, 0.5) is 13.2 Å². The lowest BCUT2D eigenvalue weighted by Crippen LogP contribution is -2.50. The molecule has 0 aromatic rings. The van der Waals surface area contributed by atoms with Crippen LogP contribution in [0, 0.1) is 11.8 Å². The Morgan fingerprint density at radius 3 is 2.40 bits per heavy atom. The van der Waals surface area contributed by atoms with Crippen molar-refractivity contribution in [1.29, 1.82) is 0 Å². The van der Waals surface area contributed by atoms with Crippen molar-refractivity contribution in [3.05, 3.63) is 0 Å². The fourth-order valence-corrected chi connectivity index (χ4v) is 1.40. The first-order valence-electron chi connectivity index (χ1n) is 4.54. The van der Waals surface area contributed by atoms with Gasteiger partial charge in [-0.25, -0.2) is 18.2 Å². The Morgan fingerprint density at radius 1 is 1.47 bits per heavy atom. The Hall–Kier alpha value is -1.02. The molecule has 15 heavy (non-hydrogen) atoms. The van der Waals surface area contributed by atoms with E-state index in [9.17, 15) is 18.3 Å². The number of rotatable bonds is 1. The molecule has 1 aliphatic rings. The van der Waals surface area contributed by atoms with Crippen LogP contribution in [0.25, 0.3) is 0 Å². The Morgan fingerprint density at radius 2 is 2.00 bits per heavy atom. The zero-order chi connectivity index (χ0) is 11.7. The number of alkyl halides is 3. The summed E-state index contributed by atoms with van der Waals surface area (Å²) in [5.41, 5.74) is -1.45. The molecule has 1 rings (SSSR count). The number of hydrogen-bond donors (Lipinski definition) is 1. The first-order chi connectivity index (χ1) is 6.72. The average molecular weight is 219 g/mol. The number of halogens is 3. The van der Waals surface area contributed by atoms with Gasteiger partial charge in [-0.2, -0.15) is 0 Å². The summed E-state index contributed by atoms with van der Waals surface area (Å²) in [5, 5.41) is 9.43. The molecule has 0 saturated heterocycles. The average Bonchev–Trinajstić information content (AvgIpc) is 1.95. The number of aliphatic hydroxyl groups is 1. The van der Waals surface area contributed by atoms with Crippen LogP contribution in [-0.4, -0.2) is 28.6 Å². The van der Waals surface area contributed by atoms with Gasteiger partial charge in [-0.05, 0) is 19.8 Å². The monoisotopic (exact) mass is 219 g/mol.